The predicted molar refractivity (Wildman–Crippen MR) is 135 cm³/mol. The summed E-state index contributed by atoms with van der Waals surface area (Å²) in [5.41, 5.74) is -0.183. The summed E-state index contributed by atoms with van der Waals surface area (Å²) in [5.74, 6) is -0.555. The van der Waals surface area contributed by atoms with Crippen LogP contribution < -0.4 is 15.5 Å². The van der Waals surface area contributed by atoms with Crippen LogP contribution in [0, 0.1) is 23.6 Å². The molecular formula is C27H35F4N5O. The number of halogens is 4. The van der Waals surface area contributed by atoms with Gasteiger partial charge in [-0.05, 0) is 62.3 Å². The lowest BCUT2D eigenvalue weighted by Gasteiger charge is -2.23. The molecule has 2 heterocycles. The molecule has 1 aliphatic carbocycles. The van der Waals surface area contributed by atoms with Gasteiger partial charge in [-0.25, -0.2) is 14.4 Å². The van der Waals surface area contributed by atoms with Crippen molar-refractivity contribution >= 4 is 23.1 Å². The fraction of sp³-hybridized carbons (Fsp3) is 0.593. The first-order chi connectivity index (χ1) is 17.6. The number of carbonyl (C=O) groups is 1. The van der Waals surface area contributed by atoms with E-state index in [1.807, 2.05) is 18.7 Å². The Bertz CT molecular complexity index is 1080. The third-order valence-corrected chi connectivity index (χ3v) is 7.20. The fourth-order valence-electron chi connectivity index (χ4n) is 5.43. The Morgan fingerprint density at radius 1 is 1.19 bits per heavy atom. The summed E-state index contributed by atoms with van der Waals surface area (Å²) in [6, 6.07) is 4.65. The van der Waals surface area contributed by atoms with E-state index in [4.69, 9.17) is 0 Å². The molecule has 10 heteroatoms. The Morgan fingerprint density at radius 2 is 2.00 bits per heavy atom. The van der Waals surface area contributed by atoms with Gasteiger partial charge in [0, 0.05) is 43.9 Å². The molecule has 0 amide bonds. The van der Waals surface area contributed by atoms with E-state index in [1.165, 1.54) is 6.07 Å². The molecule has 0 bridgehead atoms. The zero-order valence-corrected chi connectivity index (χ0v) is 21.4. The molecule has 0 radical (unpaired) electrons. The molecule has 2 N–H and O–H groups in total. The van der Waals surface area contributed by atoms with E-state index < -0.39 is 17.6 Å². The number of rotatable bonds is 8. The van der Waals surface area contributed by atoms with E-state index in [9.17, 15) is 22.4 Å². The minimum absolute atomic E-state index is 0.0304. The zero-order chi connectivity index (χ0) is 26.6. The molecule has 2 aliphatic rings. The smallest absolute Gasteiger partial charge is 0.368 e. The maximum atomic E-state index is 14.9. The highest BCUT2D eigenvalue weighted by Gasteiger charge is 2.38. The van der Waals surface area contributed by atoms with Gasteiger partial charge in [0.05, 0.1) is 16.9 Å². The molecule has 2 fully saturated rings. The Kier molecular flexibility index (Phi) is 8.67. The van der Waals surface area contributed by atoms with Crippen molar-refractivity contribution < 1.29 is 22.4 Å². The van der Waals surface area contributed by atoms with Crippen LogP contribution in [0.2, 0.25) is 0 Å². The summed E-state index contributed by atoms with van der Waals surface area (Å²) in [4.78, 5) is 22.8. The number of alkyl halides is 3. The quantitative estimate of drug-likeness (QED) is 0.431. The molecule has 37 heavy (non-hydrogen) atoms. The van der Waals surface area contributed by atoms with Gasteiger partial charge in [0.25, 0.3) is 0 Å². The minimum Gasteiger partial charge on any atom is -0.368 e. The van der Waals surface area contributed by atoms with Crippen molar-refractivity contribution in [2.75, 3.05) is 36.4 Å². The first-order valence-electron chi connectivity index (χ1n) is 13.1. The fourth-order valence-corrected chi connectivity index (χ4v) is 5.43. The second-order valence-electron chi connectivity index (χ2n) is 10.5. The summed E-state index contributed by atoms with van der Waals surface area (Å²) < 4.78 is 56.3. The molecule has 2 atom stereocenters. The van der Waals surface area contributed by atoms with E-state index >= 15 is 0 Å². The molecule has 1 saturated carbocycles. The predicted octanol–water partition coefficient (Wildman–Crippen LogP) is 5.75. The second-order valence-corrected chi connectivity index (χ2v) is 10.5. The van der Waals surface area contributed by atoms with Gasteiger partial charge in [0.2, 0.25) is 5.95 Å². The molecule has 1 aromatic carbocycles. The largest absolute Gasteiger partial charge is 0.419 e. The summed E-state index contributed by atoms with van der Waals surface area (Å²) in [5, 5.41) is 6.15. The third kappa shape index (κ3) is 6.97. The normalized spacial score (nSPS) is 20.8. The van der Waals surface area contributed by atoms with Crippen molar-refractivity contribution in [1.29, 1.82) is 0 Å². The standard InChI is InChI=1S/C27H35F4N5O/c1-17(2)13-25(37)20-6-3-5-18(20)14-23-21(27(29,30)31)16-33-26(35-23)34-19-7-8-24(22(28)15-19)36-11-4-9-32-10-12-36/h7-8,15-18,20,32H,3-6,9-14H2,1-2H3,(H,33,34,35)/t18-,20-/m0/s1. The first kappa shape index (κ1) is 27.3. The monoisotopic (exact) mass is 521 g/mol. The molecule has 2 aromatic rings. The van der Waals surface area contributed by atoms with Crippen LogP contribution >= 0.6 is 0 Å². The number of carbonyl (C=O) groups excluding carboxylic acids is 1. The molecular weight excluding hydrogens is 486 g/mol. The second kappa shape index (κ2) is 11.8. The average Bonchev–Trinajstić information content (AvgIpc) is 3.11. The Morgan fingerprint density at radius 3 is 2.73 bits per heavy atom. The molecule has 6 nitrogen and oxygen atoms in total. The van der Waals surface area contributed by atoms with Gasteiger partial charge in [-0.2, -0.15) is 13.2 Å². The van der Waals surface area contributed by atoms with Crippen LogP contribution in [0.25, 0.3) is 0 Å². The molecule has 0 spiro atoms. The van der Waals surface area contributed by atoms with Crippen LogP contribution in [0.15, 0.2) is 24.4 Å². The van der Waals surface area contributed by atoms with Crippen LogP contribution in [-0.4, -0.2) is 41.9 Å². The topological polar surface area (TPSA) is 70.2 Å². The van der Waals surface area contributed by atoms with Crippen LogP contribution in [0.1, 0.15) is 57.2 Å². The number of hydrogen-bond acceptors (Lipinski definition) is 6. The molecule has 0 unspecified atom stereocenters. The molecule has 4 rings (SSSR count). The number of aromatic nitrogens is 2. The first-order valence-corrected chi connectivity index (χ1v) is 13.1. The molecule has 1 saturated heterocycles. The van der Waals surface area contributed by atoms with Gasteiger partial charge in [0.15, 0.2) is 0 Å². The lowest BCUT2D eigenvalue weighted by molar-refractivity contribution is -0.138. The van der Waals surface area contributed by atoms with Crippen LogP contribution in [-0.2, 0) is 17.4 Å². The van der Waals surface area contributed by atoms with Gasteiger partial charge < -0.3 is 15.5 Å². The van der Waals surface area contributed by atoms with Gasteiger partial charge in [-0.1, -0.05) is 20.3 Å². The van der Waals surface area contributed by atoms with Crippen molar-refractivity contribution in [2.24, 2.45) is 17.8 Å². The number of benzene rings is 1. The third-order valence-electron chi connectivity index (χ3n) is 7.20. The van der Waals surface area contributed by atoms with Crippen LogP contribution in [0.3, 0.4) is 0 Å². The summed E-state index contributed by atoms with van der Waals surface area (Å²) in [6.45, 7) is 7.02. The summed E-state index contributed by atoms with van der Waals surface area (Å²) >= 11 is 0. The summed E-state index contributed by atoms with van der Waals surface area (Å²) in [6.07, 6.45) is -0.235. The van der Waals surface area contributed by atoms with E-state index in [0.29, 0.717) is 37.2 Å². The van der Waals surface area contributed by atoms with Crippen molar-refractivity contribution in [3.63, 3.8) is 0 Å². The Hall–Kier alpha value is -2.75. The average molecular weight is 522 g/mol. The van der Waals surface area contributed by atoms with Crippen LogP contribution in [0.4, 0.5) is 34.9 Å². The lowest BCUT2D eigenvalue weighted by atomic mass is 9.84. The van der Waals surface area contributed by atoms with Crippen molar-refractivity contribution in [3.05, 3.63) is 41.5 Å². The number of ketones is 1. The Balaban J connectivity index is 1.54. The molecule has 1 aromatic heterocycles. The van der Waals surface area contributed by atoms with Gasteiger partial charge in [0.1, 0.15) is 11.6 Å². The number of anilines is 3. The zero-order valence-electron chi connectivity index (χ0n) is 21.4. The molecule has 202 valence electrons. The van der Waals surface area contributed by atoms with Gasteiger partial charge >= 0.3 is 6.18 Å². The lowest BCUT2D eigenvalue weighted by Crippen LogP contribution is -2.28. The van der Waals surface area contributed by atoms with Crippen molar-refractivity contribution in [2.45, 2.75) is 58.5 Å². The van der Waals surface area contributed by atoms with Gasteiger partial charge in [-0.15, -0.1) is 0 Å². The molecule has 1 aliphatic heterocycles. The van der Waals surface area contributed by atoms with Crippen molar-refractivity contribution in [1.82, 2.24) is 15.3 Å². The maximum Gasteiger partial charge on any atom is 0.419 e. The SMILES string of the molecule is CC(C)CC(=O)[C@H]1CCC[C@H]1Cc1nc(Nc2ccc(N3CCCNCC3)c(F)c2)ncc1C(F)(F)F. The minimum atomic E-state index is -4.61. The highest BCUT2D eigenvalue weighted by atomic mass is 19.4. The van der Waals surface area contributed by atoms with E-state index in [1.54, 1.807) is 12.1 Å². The van der Waals surface area contributed by atoms with E-state index in [2.05, 4.69) is 20.6 Å². The number of hydrogen-bond donors (Lipinski definition) is 2. The van der Waals surface area contributed by atoms with Gasteiger partial charge in [-0.3, -0.25) is 4.79 Å². The number of nitrogens with one attached hydrogen (secondary N) is 2. The highest BCUT2D eigenvalue weighted by molar-refractivity contribution is 5.81. The maximum absolute atomic E-state index is 14.9. The van der Waals surface area contributed by atoms with E-state index in [-0.39, 0.29) is 41.6 Å². The number of Topliss-reactive ketones (excluding diaryl/α,β-unsaturated/α-hetero) is 1. The van der Waals surface area contributed by atoms with E-state index in [0.717, 1.165) is 38.7 Å². The highest BCUT2D eigenvalue weighted by Crippen LogP contribution is 2.39. The Labute approximate surface area is 215 Å². The van der Waals surface area contributed by atoms with Crippen LogP contribution in [0.5, 0.6) is 0 Å². The number of nitrogens with zero attached hydrogens (tertiary/aromatic N) is 3. The van der Waals surface area contributed by atoms with Crippen molar-refractivity contribution in [3.8, 4) is 0 Å². The summed E-state index contributed by atoms with van der Waals surface area (Å²) in [7, 11) is 0.